The number of hydrogen-bond donors (Lipinski definition) is 1. The fraction of sp³-hybridized carbons (Fsp3) is 0.308. The van der Waals surface area contributed by atoms with Gasteiger partial charge in [0.25, 0.3) is 0 Å². The van der Waals surface area contributed by atoms with Crippen molar-refractivity contribution in [2.24, 2.45) is 0 Å². The Morgan fingerprint density at radius 1 is 1.28 bits per heavy atom. The number of hydrogen-bond acceptors (Lipinski definition) is 3. The maximum absolute atomic E-state index is 13.0. The van der Waals surface area contributed by atoms with Crippen molar-refractivity contribution in [1.29, 1.82) is 0 Å². The van der Waals surface area contributed by atoms with Crippen LogP contribution in [0.2, 0.25) is 0 Å². The van der Waals surface area contributed by atoms with E-state index in [4.69, 9.17) is 0 Å². The van der Waals surface area contributed by atoms with Crippen LogP contribution in [0.5, 0.6) is 0 Å². The van der Waals surface area contributed by atoms with Gasteiger partial charge in [0.15, 0.2) is 11.6 Å². The number of nitrogens with zero attached hydrogens (tertiary/aromatic N) is 1. The topological polar surface area (TPSA) is 33.1 Å². The van der Waals surface area contributed by atoms with Gasteiger partial charge in [0.1, 0.15) is 0 Å². The van der Waals surface area contributed by atoms with Crippen LogP contribution in [0, 0.1) is 18.6 Å². The minimum Gasteiger partial charge on any atom is -0.392 e. The van der Waals surface area contributed by atoms with Gasteiger partial charge in [-0.1, -0.05) is 6.07 Å². The van der Waals surface area contributed by atoms with E-state index in [1.54, 1.807) is 0 Å². The summed E-state index contributed by atoms with van der Waals surface area (Å²) in [7, 11) is 0. The van der Waals surface area contributed by atoms with Gasteiger partial charge in [0.2, 0.25) is 0 Å². The van der Waals surface area contributed by atoms with E-state index in [1.807, 2.05) is 12.3 Å². The van der Waals surface area contributed by atoms with E-state index in [-0.39, 0.29) is 6.42 Å². The smallest absolute Gasteiger partial charge is 0.159 e. The van der Waals surface area contributed by atoms with Gasteiger partial charge >= 0.3 is 0 Å². The second-order valence-electron chi connectivity index (χ2n) is 4.17. The number of halogens is 2. The molecule has 1 N–H and O–H groups in total. The van der Waals surface area contributed by atoms with Gasteiger partial charge < -0.3 is 5.11 Å². The molecule has 0 bridgehead atoms. The molecule has 0 saturated carbocycles. The minimum absolute atomic E-state index is 0.285. The highest BCUT2D eigenvalue weighted by Crippen LogP contribution is 2.14. The largest absolute Gasteiger partial charge is 0.392 e. The van der Waals surface area contributed by atoms with Crippen LogP contribution in [0.15, 0.2) is 23.6 Å². The van der Waals surface area contributed by atoms with E-state index in [0.717, 1.165) is 22.8 Å². The molecule has 2 nitrogen and oxygen atoms in total. The van der Waals surface area contributed by atoms with Crippen molar-refractivity contribution in [3.63, 3.8) is 0 Å². The number of aromatic nitrogens is 1. The number of thiazole rings is 1. The Labute approximate surface area is 108 Å². The molecule has 1 aromatic heterocycles. The third-order valence-electron chi connectivity index (χ3n) is 2.57. The van der Waals surface area contributed by atoms with E-state index in [2.05, 4.69) is 4.98 Å². The van der Waals surface area contributed by atoms with E-state index >= 15 is 0 Å². The molecule has 0 aliphatic rings. The van der Waals surface area contributed by atoms with Crippen molar-refractivity contribution in [3.05, 3.63) is 51.5 Å². The molecule has 96 valence electrons. The SMILES string of the molecule is Cc1nc(CC(O)Cc2ccc(F)c(F)c2)cs1. The lowest BCUT2D eigenvalue weighted by Gasteiger charge is -2.09. The first-order valence-electron chi connectivity index (χ1n) is 5.57. The Morgan fingerprint density at radius 2 is 2.06 bits per heavy atom. The number of benzene rings is 1. The van der Waals surface area contributed by atoms with Crippen LogP contribution < -0.4 is 0 Å². The Bertz CT molecular complexity index is 542. The quantitative estimate of drug-likeness (QED) is 0.925. The van der Waals surface area contributed by atoms with Crippen LogP contribution in [0.4, 0.5) is 8.78 Å². The molecule has 0 aliphatic heterocycles. The van der Waals surface area contributed by atoms with Crippen LogP contribution >= 0.6 is 11.3 Å². The molecule has 5 heteroatoms. The zero-order valence-corrected chi connectivity index (χ0v) is 10.7. The second-order valence-corrected chi connectivity index (χ2v) is 5.23. The molecule has 2 aromatic rings. The Hall–Kier alpha value is -1.33. The summed E-state index contributed by atoms with van der Waals surface area (Å²) < 4.78 is 25.7. The summed E-state index contributed by atoms with van der Waals surface area (Å²) in [5, 5.41) is 12.7. The first-order valence-corrected chi connectivity index (χ1v) is 6.45. The first kappa shape index (κ1) is 13.1. The number of aliphatic hydroxyl groups is 1. The summed E-state index contributed by atoms with van der Waals surface area (Å²) in [5.41, 5.74) is 1.40. The van der Waals surface area contributed by atoms with E-state index in [1.165, 1.54) is 17.4 Å². The number of aryl methyl sites for hydroxylation is 1. The molecule has 0 saturated heterocycles. The van der Waals surface area contributed by atoms with Crippen LogP contribution in [-0.2, 0) is 12.8 Å². The molecule has 0 amide bonds. The highest BCUT2D eigenvalue weighted by atomic mass is 32.1. The van der Waals surface area contributed by atoms with Crippen LogP contribution in [0.3, 0.4) is 0 Å². The highest BCUT2D eigenvalue weighted by molar-refractivity contribution is 7.09. The molecular weight excluding hydrogens is 256 g/mol. The van der Waals surface area contributed by atoms with E-state index in [9.17, 15) is 13.9 Å². The fourth-order valence-electron chi connectivity index (χ4n) is 1.75. The molecule has 2 rings (SSSR count). The molecule has 1 aromatic carbocycles. The summed E-state index contributed by atoms with van der Waals surface area (Å²) in [6, 6.07) is 3.67. The Balaban J connectivity index is 1.98. The third kappa shape index (κ3) is 3.34. The van der Waals surface area contributed by atoms with Crippen LogP contribution in [0.1, 0.15) is 16.3 Å². The van der Waals surface area contributed by atoms with Crippen molar-refractivity contribution in [2.45, 2.75) is 25.9 Å². The minimum atomic E-state index is -0.885. The first-order chi connectivity index (χ1) is 8.54. The fourth-order valence-corrected chi connectivity index (χ4v) is 2.38. The molecule has 0 fully saturated rings. The van der Waals surface area contributed by atoms with Crippen molar-refractivity contribution in [3.8, 4) is 0 Å². The van der Waals surface area contributed by atoms with Crippen LogP contribution in [-0.4, -0.2) is 16.2 Å². The Kier molecular flexibility index (Phi) is 4.04. The van der Waals surface area contributed by atoms with E-state index < -0.39 is 17.7 Å². The summed E-state index contributed by atoms with van der Waals surface area (Å²) in [4.78, 5) is 4.25. The number of aliphatic hydroxyl groups excluding tert-OH is 1. The maximum Gasteiger partial charge on any atom is 0.159 e. The molecule has 1 unspecified atom stereocenters. The summed E-state index contributed by atoms with van der Waals surface area (Å²) in [6.07, 6.45) is 0.0632. The standard InChI is InChI=1S/C13H13F2NOS/c1-8-16-10(7-18-8)6-11(17)4-9-2-3-12(14)13(15)5-9/h2-3,5,7,11,17H,4,6H2,1H3. The lowest BCUT2D eigenvalue weighted by molar-refractivity contribution is 0.174. The molecule has 1 heterocycles. The average molecular weight is 269 g/mol. The molecule has 0 spiro atoms. The van der Waals surface area contributed by atoms with Crippen molar-refractivity contribution < 1.29 is 13.9 Å². The second kappa shape index (κ2) is 5.54. The zero-order chi connectivity index (χ0) is 13.1. The van der Waals surface area contributed by atoms with Crippen LogP contribution in [0.25, 0.3) is 0 Å². The van der Waals surface area contributed by atoms with Crippen molar-refractivity contribution in [2.75, 3.05) is 0 Å². The molecule has 0 aliphatic carbocycles. The lowest BCUT2D eigenvalue weighted by atomic mass is 10.0. The van der Waals surface area contributed by atoms with Gasteiger partial charge in [-0.2, -0.15) is 0 Å². The summed E-state index contributed by atoms with van der Waals surface area (Å²) in [5.74, 6) is -1.76. The molecule has 18 heavy (non-hydrogen) atoms. The highest BCUT2D eigenvalue weighted by Gasteiger charge is 2.11. The predicted octanol–water partition coefficient (Wildman–Crippen LogP) is 2.88. The zero-order valence-electron chi connectivity index (χ0n) is 9.86. The van der Waals surface area contributed by atoms with Crippen molar-refractivity contribution in [1.82, 2.24) is 4.98 Å². The monoisotopic (exact) mass is 269 g/mol. The maximum atomic E-state index is 13.0. The van der Waals surface area contributed by atoms with Gasteiger partial charge in [-0.25, -0.2) is 13.8 Å². The van der Waals surface area contributed by atoms with Gasteiger partial charge in [-0.15, -0.1) is 11.3 Å². The Morgan fingerprint density at radius 3 is 2.67 bits per heavy atom. The van der Waals surface area contributed by atoms with Gasteiger partial charge in [0, 0.05) is 11.8 Å². The molecule has 1 atom stereocenters. The molecular formula is C13H13F2NOS. The van der Waals surface area contributed by atoms with Gasteiger partial charge in [0.05, 0.1) is 16.8 Å². The lowest BCUT2D eigenvalue weighted by Crippen LogP contribution is -2.14. The van der Waals surface area contributed by atoms with Crippen molar-refractivity contribution >= 4 is 11.3 Å². The predicted molar refractivity (Wildman–Crippen MR) is 66.6 cm³/mol. The summed E-state index contributed by atoms with van der Waals surface area (Å²) in [6.45, 7) is 1.90. The molecule has 0 radical (unpaired) electrons. The average Bonchev–Trinajstić information content (AvgIpc) is 2.69. The third-order valence-corrected chi connectivity index (χ3v) is 3.39. The van der Waals surface area contributed by atoms with Gasteiger partial charge in [-0.3, -0.25) is 0 Å². The van der Waals surface area contributed by atoms with E-state index in [0.29, 0.717) is 12.0 Å². The number of rotatable bonds is 4. The normalized spacial score (nSPS) is 12.7. The summed E-state index contributed by atoms with van der Waals surface area (Å²) >= 11 is 1.53. The van der Waals surface area contributed by atoms with Gasteiger partial charge in [-0.05, 0) is 31.0 Å².